The monoisotopic (exact) mass is 306 g/mol. The zero-order valence-electron chi connectivity index (χ0n) is 14.6. The van der Waals surface area contributed by atoms with Crippen molar-refractivity contribution in [2.75, 3.05) is 0 Å². The summed E-state index contributed by atoms with van der Waals surface area (Å²) in [5.41, 5.74) is 0.217. The Hall–Kier alpha value is -0.0800. The molecular weight excluding hydrogens is 272 g/mol. The van der Waals surface area contributed by atoms with Gasteiger partial charge >= 0.3 is 0 Å². The van der Waals surface area contributed by atoms with E-state index in [9.17, 15) is 10.2 Å². The van der Waals surface area contributed by atoms with Crippen LogP contribution in [0.25, 0.3) is 0 Å². The predicted octanol–water partition coefficient (Wildman–Crippen LogP) is 4.14. The van der Waals surface area contributed by atoms with Gasteiger partial charge in [-0.2, -0.15) is 0 Å². The molecule has 0 amide bonds. The number of hydrogen-bond donors (Lipinski definition) is 2. The largest absolute Gasteiger partial charge is 0.393 e. The van der Waals surface area contributed by atoms with Gasteiger partial charge in [0.15, 0.2) is 0 Å². The first kappa shape index (κ1) is 15.4. The van der Waals surface area contributed by atoms with Crippen molar-refractivity contribution in [3.8, 4) is 0 Å². The maximum absolute atomic E-state index is 10.5. The highest BCUT2D eigenvalue weighted by molar-refractivity contribution is 5.10. The second kappa shape index (κ2) is 4.72. The third kappa shape index (κ3) is 1.99. The summed E-state index contributed by atoms with van der Waals surface area (Å²) >= 11 is 0. The quantitative estimate of drug-likeness (QED) is 0.706. The fourth-order valence-electron chi connectivity index (χ4n) is 7.40. The minimum atomic E-state index is -0.427. The maximum atomic E-state index is 10.5. The predicted molar refractivity (Wildman–Crippen MR) is 88.4 cm³/mol. The van der Waals surface area contributed by atoms with Gasteiger partial charge in [0.1, 0.15) is 0 Å². The van der Waals surface area contributed by atoms with Gasteiger partial charge in [-0.05, 0) is 99.2 Å². The molecule has 4 aliphatic rings. The smallest absolute Gasteiger partial charge is 0.0622 e. The van der Waals surface area contributed by atoms with Gasteiger partial charge in [-0.1, -0.05) is 13.8 Å². The topological polar surface area (TPSA) is 40.5 Å². The molecule has 0 saturated heterocycles. The highest BCUT2D eigenvalue weighted by Gasteiger charge is 2.60. The Morgan fingerprint density at radius 3 is 2.27 bits per heavy atom. The van der Waals surface area contributed by atoms with Crippen LogP contribution in [0.1, 0.15) is 78.6 Å². The van der Waals surface area contributed by atoms with Gasteiger partial charge in [-0.15, -0.1) is 0 Å². The van der Waals surface area contributed by atoms with E-state index in [2.05, 4.69) is 13.8 Å². The summed E-state index contributed by atoms with van der Waals surface area (Å²) in [5.74, 6) is 3.14. The zero-order valence-corrected chi connectivity index (χ0v) is 14.6. The number of aliphatic hydroxyl groups is 2. The van der Waals surface area contributed by atoms with Crippen molar-refractivity contribution in [2.24, 2.45) is 34.5 Å². The van der Waals surface area contributed by atoms with Crippen molar-refractivity contribution >= 4 is 0 Å². The molecule has 22 heavy (non-hydrogen) atoms. The standard InChI is InChI=1S/C20H34O2/c1-18(22)10-11-19(2)13(12-18)4-5-14-15-6-7-17(21)20(15,3)9-8-16(14)19/h13-17,21-22H,4-12H2,1-3H3/t13-,14-,15-,16-,17-,18+,19-,20-/m0/s1. The van der Waals surface area contributed by atoms with Crippen LogP contribution in [0.4, 0.5) is 0 Å². The Balaban J connectivity index is 1.62. The lowest BCUT2D eigenvalue weighted by atomic mass is 9.44. The molecule has 4 aliphatic carbocycles. The molecule has 0 bridgehead atoms. The van der Waals surface area contributed by atoms with Gasteiger partial charge in [0, 0.05) is 0 Å². The first-order valence-electron chi connectivity index (χ1n) is 9.67. The highest BCUT2D eigenvalue weighted by atomic mass is 16.3. The third-order valence-corrected chi connectivity index (χ3v) is 8.90. The first-order chi connectivity index (χ1) is 10.3. The molecule has 8 atom stereocenters. The second-order valence-corrected chi connectivity index (χ2v) is 10.00. The molecule has 0 heterocycles. The Kier molecular flexibility index (Phi) is 3.32. The molecule has 0 radical (unpaired) electrons. The normalized spacial score (nSPS) is 61.2. The van der Waals surface area contributed by atoms with Gasteiger partial charge in [0.25, 0.3) is 0 Å². The number of hydrogen-bond acceptors (Lipinski definition) is 2. The van der Waals surface area contributed by atoms with Crippen LogP contribution in [0, 0.1) is 34.5 Å². The lowest BCUT2D eigenvalue weighted by Crippen LogP contribution is -2.55. The highest BCUT2D eigenvalue weighted by Crippen LogP contribution is 2.66. The van der Waals surface area contributed by atoms with Crippen molar-refractivity contribution in [1.82, 2.24) is 0 Å². The molecule has 2 heteroatoms. The van der Waals surface area contributed by atoms with E-state index in [1.54, 1.807) is 0 Å². The number of aliphatic hydroxyl groups excluding tert-OH is 1. The molecule has 4 rings (SSSR count). The number of fused-ring (bicyclic) bond motifs is 5. The van der Waals surface area contributed by atoms with E-state index in [4.69, 9.17) is 0 Å². The molecule has 2 nitrogen and oxygen atoms in total. The van der Waals surface area contributed by atoms with Gasteiger partial charge in [-0.3, -0.25) is 0 Å². The van der Waals surface area contributed by atoms with Crippen LogP contribution in [0.3, 0.4) is 0 Å². The summed E-state index contributed by atoms with van der Waals surface area (Å²) in [6.45, 7) is 6.95. The van der Waals surface area contributed by atoms with E-state index in [1.807, 2.05) is 6.92 Å². The Bertz CT molecular complexity index is 459. The lowest BCUT2D eigenvalue weighted by molar-refractivity contribution is -0.150. The minimum absolute atomic E-state index is 0.0592. The second-order valence-electron chi connectivity index (χ2n) is 10.00. The van der Waals surface area contributed by atoms with Crippen molar-refractivity contribution in [1.29, 1.82) is 0 Å². The molecular formula is C20H34O2. The summed E-state index contributed by atoms with van der Waals surface area (Å²) in [4.78, 5) is 0. The molecule has 2 N–H and O–H groups in total. The molecule has 4 fully saturated rings. The lowest BCUT2D eigenvalue weighted by Gasteiger charge is -2.61. The summed E-state index contributed by atoms with van der Waals surface area (Å²) in [7, 11) is 0. The fraction of sp³-hybridized carbons (Fsp3) is 1.00. The first-order valence-corrected chi connectivity index (χ1v) is 9.67. The van der Waals surface area contributed by atoms with Crippen molar-refractivity contribution in [2.45, 2.75) is 90.3 Å². The summed E-state index contributed by atoms with van der Waals surface area (Å²) in [5, 5.41) is 21.0. The van der Waals surface area contributed by atoms with E-state index < -0.39 is 5.60 Å². The molecule has 0 aliphatic heterocycles. The molecule has 0 aromatic rings. The van der Waals surface area contributed by atoms with Crippen LogP contribution >= 0.6 is 0 Å². The summed E-state index contributed by atoms with van der Waals surface area (Å²) in [6, 6.07) is 0. The van der Waals surface area contributed by atoms with Crippen molar-refractivity contribution in [3.05, 3.63) is 0 Å². The van der Waals surface area contributed by atoms with Gasteiger partial charge in [0.2, 0.25) is 0 Å². The van der Waals surface area contributed by atoms with Crippen LogP contribution in [0.15, 0.2) is 0 Å². The summed E-state index contributed by atoms with van der Waals surface area (Å²) in [6.07, 6.45) is 10.6. The van der Waals surface area contributed by atoms with E-state index in [0.717, 1.165) is 37.0 Å². The van der Waals surface area contributed by atoms with E-state index in [-0.39, 0.29) is 11.5 Å². The SMILES string of the molecule is C[C@@]1(O)CC[C@@]2(C)[C@@H](CC[C@@H]3[C@@H]2CC[C@]2(C)[C@@H](O)CC[C@@H]32)C1. The van der Waals surface area contributed by atoms with E-state index in [0.29, 0.717) is 11.3 Å². The Morgan fingerprint density at radius 2 is 1.50 bits per heavy atom. The van der Waals surface area contributed by atoms with Gasteiger partial charge in [-0.25, -0.2) is 0 Å². The van der Waals surface area contributed by atoms with Crippen LogP contribution in [0.2, 0.25) is 0 Å². The molecule has 0 aromatic carbocycles. The van der Waals surface area contributed by atoms with Gasteiger partial charge in [0.05, 0.1) is 11.7 Å². The van der Waals surface area contributed by atoms with E-state index >= 15 is 0 Å². The molecule has 4 saturated carbocycles. The summed E-state index contributed by atoms with van der Waals surface area (Å²) < 4.78 is 0. The third-order valence-electron chi connectivity index (χ3n) is 8.90. The van der Waals surface area contributed by atoms with Crippen LogP contribution in [-0.4, -0.2) is 21.9 Å². The van der Waals surface area contributed by atoms with Crippen LogP contribution in [0.5, 0.6) is 0 Å². The van der Waals surface area contributed by atoms with Crippen molar-refractivity contribution < 1.29 is 10.2 Å². The van der Waals surface area contributed by atoms with Crippen molar-refractivity contribution in [3.63, 3.8) is 0 Å². The average molecular weight is 306 g/mol. The fourth-order valence-corrected chi connectivity index (χ4v) is 7.40. The van der Waals surface area contributed by atoms with Crippen LogP contribution in [-0.2, 0) is 0 Å². The zero-order chi connectivity index (χ0) is 15.8. The molecule has 126 valence electrons. The van der Waals surface area contributed by atoms with Crippen LogP contribution < -0.4 is 0 Å². The van der Waals surface area contributed by atoms with Gasteiger partial charge < -0.3 is 10.2 Å². The maximum Gasteiger partial charge on any atom is 0.0622 e. The number of rotatable bonds is 0. The molecule has 0 aromatic heterocycles. The molecule has 0 spiro atoms. The molecule has 0 unspecified atom stereocenters. The minimum Gasteiger partial charge on any atom is -0.393 e. The average Bonchev–Trinajstić information content (AvgIpc) is 2.76. The Labute approximate surface area is 135 Å². The Morgan fingerprint density at radius 1 is 0.773 bits per heavy atom. The van der Waals surface area contributed by atoms with E-state index in [1.165, 1.54) is 38.5 Å².